The number of rotatable bonds is 4. The van der Waals surface area contributed by atoms with Gasteiger partial charge in [0, 0.05) is 18.2 Å². The van der Waals surface area contributed by atoms with Crippen molar-refractivity contribution in [3.63, 3.8) is 0 Å². The Balaban J connectivity index is 2.04. The number of benzene rings is 1. The number of epoxide rings is 1. The van der Waals surface area contributed by atoms with Crippen molar-refractivity contribution in [3.8, 4) is 0 Å². The van der Waals surface area contributed by atoms with Crippen molar-refractivity contribution in [2.45, 2.75) is 19.1 Å². The smallest absolute Gasteiger partial charge is 0.249 e. The fourth-order valence-electron chi connectivity index (χ4n) is 1.61. The molecule has 94 valence electrons. The lowest BCUT2D eigenvalue weighted by Gasteiger charge is -2.02. The van der Waals surface area contributed by atoms with E-state index in [9.17, 15) is 14.4 Å². The number of primary amides is 1. The second-order valence-electron chi connectivity index (χ2n) is 4.00. The Labute approximate surface area is 103 Å². The number of hydrogen-bond donors (Lipinski definition) is 2. The second kappa shape index (κ2) is 4.58. The molecule has 1 aromatic carbocycles. The first-order valence-corrected chi connectivity index (χ1v) is 5.35. The van der Waals surface area contributed by atoms with E-state index in [1.165, 1.54) is 6.92 Å². The van der Waals surface area contributed by atoms with Gasteiger partial charge in [-0.25, -0.2) is 0 Å². The molecule has 2 atom stereocenters. The molecule has 18 heavy (non-hydrogen) atoms. The number of anilines is 1. The number of nitrogens with two attached hydrogens (primary N) is 1. The molecule has 6 nitrogen and oxygen atoms in total. The van der Waals surface area contributed by atoms with Crippen molar-refractivity contribution in [1.29, 1.82) is 0 Å². The third kappa shape index (κ3) is 2.54. The van der Waals surface area contributed by atoms with Crippen LogP contribution in [0.5, 0.6) is 0 Å². The van der Waals surface area contributed by atoms with Crippen LogP contribution < -0.4 is 11.1 Å². The van der Waals surface area contributed by atoms with Crippen molar-refractivity contribution >= 4 is 23.3 Å². The van der Waals surface area contributed by atoms with Gasteiger partial charge in [-0.05, 0) is 24.3 Å². The number of nitrogens with one attached hydrogen (secondary N) is 1. The van der Waals surface area contributed by atoms with Gasteiger partial charge in [-0.2, -0.15) is 0 Å². The molecule has 1 aliphatic heterocycles. The highest BCUT2D eigenvalue weighted by Crippen LogP contribution is 2.26. The maximum atomic E-state index is 11.8. The fraction of sp³-hybridized carbons (Fsp3) is 0.250. The molecule has 0 aliphatic carbocycles. The zero-order chi connectivity index (χ0) is 13.3. The molecule has 3 N–H and O–H groups in total. The van der Waals surface area contributed by atoms with Gasteiger partial charge in [-0.3, -0.25) is 14.4 Å². The van der Waals surface area contributed by atoms with E-state index in [1.54, 1.807) is 24.3 Å². The molecule has 2 rings (SSSR count). The fourth-order valence-corrected chi connectivity index (χ4v) is 1.61. The van der Waals surface area contributed by atoms with Gasteiger partial charge in [0.15, 0.2) is 18.0 Å². The Kier molecular flexibility index (Phi) is 3.12. The third-order valence-electron chi connectivity index (χ3n) is 2.52. The summed E-state index contributed by atoms with van der Waals surface area (Å²) in [6.07, 6.45) is -1.58. The molecule has 1 fully saturated rings. The minimum absolute atomic E-state index is 0.187. The van der Waals surface area contributed by atoms with Crippen molar-refractivity contribution in [2.24, 2.45) is 5.73 Å². The van der Waals surface area contributed by atoms with E-state index < -0.39 is 18.1 Å². The molecule has 1 saturated heterocycles. The predicted octanol–water partition coefficient (Wildman–Crippen LogP) is 0.0804. The van der Waals surface area contributed by atoms with E-state index in [0.717, 1.165) is 0 Å². The molecule has 0 bridgehead atoms. The van der Waals surface area contributed by atoms with E-state index in [1.807, 2.05) is 0 Å². The predicted molar refractivity (Wildman–Crippen MR) is 62.9 cm³/mol. The van der Waals surface area contributed by atoms with E-state index in [-0.39, 0.29) is 11.7 Å². The maximum absolute atomic E-state index is 11.8. The largest absolute Gasteiger partial charge is 0.367 e. The highest BCUT2D eigenvalue weighted by atomic mass is 16.6. The molecule has 1 aromatic rings. The van der Waals surface area contributed by atoms with Crippen LogP contribution in [0.25, 0.3) is 0 Å². The van der Waals surface area contributed by atoms with E-state index >= 15 is 0 Å². The first kappa shape index (κ1) is 12.3. The van der Waals surface area contributed by atoms with E-state index in [2.05, 4.69) is 5.32 Å². The van der Waals surface area contributed by atoms with Gasteiger partial charge in [0.2, 0.25) is 11.8 Å². The van der Waals surface area contributed by atoms with Crippen LogP contribution in [0.15, 0.2) is 24.3 Å². The zero-order valence-corrected chi connectivity index (χ0v) is 9.67. The molecule has 0 radical (unpaired) electrons. The molecule has 0 aromatic heterocycles. The Hall–Kier alpha value is -2.21. The number of hydrogen-bond acceptors (Lipinski definition) is 4. The Bertz CT molecular complexity index is 509. The van der Waals surface area contributed by atoms with E-state index in [0.29, 0.717) is 11.3 Å². The first-order chi connectivity index (χ1) is 8.49. The molecule has 1 heterocycles. The normalized spacial score (nSPS) is 21.2. The standard InChI is InChI=1S/C12H12N2O4/c1-6(15)14-8-4-2-7(3-5-8)9(16)10-11(18-10)12(13)17/h2-5,10-11H,1H3,(H2,13,17)(H,14,15). The monoisotopic (exact) mass is 248 g/mol. The molecule has 2 amide bonds. The maximum Gasteiger partial charge on any atom is 0.249 e. The number of ketones is 1. The lowest BCUT2D eigenvalue weighted by molar-refractivity contribution is -0.119. The summed E-state index contributed by atoms with van der Waals surface area (Å²) in [6.45, 7) is 1.40. The second-order valence-corrected chi connectivity index (χ2v) is 4.00. The summed E-state index contributed by atoms with van der Waals surface area (Å²) in [6, 6.07) is 6.34. The highest BCUT2D eigenvalue weighted by molar-refractivity contribution is 6.05. The number of ether oxygens (including phenoxy) is 1. The van der Waals surface area contributed by atoms with Crippen molar-refractivity contribution in [2.75, 3.05) is 5.32 Å². The molecule has 0 saturated carbocycles. The van der Waals surface area contributed by atoms with Crippen LogP contribution >= 0.6 is 0 Å². The SMILES string of the molecule is CC(=O)Nc1ccc(C(=O)C2OC2C(N)=O)cc1. The Morgan fingerprint density at radius 3 is 2.22 bits per heavy atom. The topological polar surface area (TPSA) is 102 Å². The van der Waals surface area contributed by atoms with Gasteiger partial charge < -0.3 is 15.8 Å². The van der Waals surface area contributed by atoms with Crippen molar-refractivity contribution in [3.05, 3.63) is 29.8 Å². The summed E-state index contributed by atoms with van der Waals surface area (Å²) < 4.78 is 4.90. The quantitative estimate of drug-likeness (QED) is 0.582. The molecular formula is C12H12N2O4. The minimum Gasteiger partial charge on any atom is -0.367 e. The highest BCUT2D eigenvalue weighted by Gasteiger charge is 2.49. The van der Waals surface area contributed by atoms with Gasteiger partial charge in [-0.1, -0.05) is 0 Å². The van der Waals surface area contributed by atoms with Gasteiger partial charge in [0.25, 0.3) is 0 Å². The van der Waals surface area contributed by atoms with Crippen LogP contribution in [0, 0.1) is 0 Å². The van der Waals surface area contributed by atoms with Crippen LogP contribution in [-0.2, 0) is 14.3 Å². The summed E-state index contributed by atoms with van der Waals surface area (Å²) in [7, 11) is 0. The summed E-state index contributed by atoms with van der Waals surface area (Å²) >= 11 is 0. The van der Waals surface area contributed by atoms with Crippen LogP contribution in [-0.4, -0.2) is 29.8 Å². The lowest BCUT2D eigenvalue weighted by Crippen LogP contribution is -2.23. The van der Waals surface area contributed by atoms with Crippen LogP contribution in [0.1, 0.15) is 17.3 Å². The molecule has 1 aliphatic rings. The summed E-state index contributed by atoms with van der Waals surface area (Å²) in [4.78, 5) is 33.4. The van der Waals surface area contributed by atoms with E-state index in [4.69, 9.17) is 10.5 Å². The van der Waals surface area contributed by atoms with Crippen molar-refractivity contribution in [1.82, 2.24) is 0 Å². The third-order valence-corrected chi connectivity index (χ3v) is 2.52. The summed E-state index contributed by atoms with van der Waals surface area (Å²) in [5.74, 6) is -1.11. The van der Waals surface area contributed by atoms with Gasteiger partial charge in [-0.15, -0.1) is 0 Å². The summed E-state index contributed by atoms with van der Waals surface area (Å²) in [5, 5.41) is 2.59. The molecule has 2 unspecified atom stereocenters. The lowest BCUT2D eigenvalue weighted by atomic mass is 10.1. The first-order valence-electron chi connectivity index (χ1n) is 5.35. The molecular weight excluding hydrogens is 236 g/mol. The van der Waals surface area contributed by atoms with Gasteiger partial charge in [0.1, 0.15) is 0 Å². The number of carbonyl (C=O) groups excluding carboxylic acids is 3. The number of Topliss-reactive ketones (excluding diaryl/α,β-unsaturated/α-hetero) is 1. The average Bonchev–Trinajstić information content (AvgIpc) is 3.08. The Morgan fingerprint density at radius 1 is 1.17 bits per heavy atom. The number of amides is 2. The van der Waals surface area contributed by atoms with Crippen LogP contribution in [0.2, 0.25) is 0 Å². The molecule has 6 heteroatoms. The molecule has 0 spiro atoms. The van der Waals surface area contributed by atoms with Crippen LogP contribution in [0.3, 0.4) is 0 Å². The van der Waals surface area contributed by atoms with Crippen LogP contribution in [0.4, 0.5) is 5.69 Å². The zero-order valence-electron chi connectivity index (χ0n) is 9.67. The minimum atomic E-state index is -0.812. The number of carbonyl (C=O) groups is 3. The van der Waals surface area contributed by atoms with Gasteiger partial charge >= 0.3 is 0 Å². The van der Waals surface area contributed by atoms with Crippen molar-refractivity contribution < 1.29 is 19.1 Å². The Morgan fingerprint density at radius 2 is 1.78 bits per heavy atom. The van der Waals surface area contributed by atoms with Gasteiger partial charge in [0.05, 0.1) is 0 Å². The average molecular weight is 248 g/mol. The summed E-state index contributed by atoms with van der Waals surface area (Å²) in [5.41, 5.74) is 6.03.